The first-order chi connectivity index (χ1) is 7.74. The number of aromatic nitrogens is 5. The van der Waals surface area contributed by atoms with E-state index >= 15 is 0 Å². The Morgan fingerprint density at radius 3 is 2.81 bits per heavy atom. The minimum Gasteiger partial charge on any atom is -0.246 e. The minimum absolute atomic E-state index is 0.539. The van der Waals surface area contributed by atoms with Crippen LogP contribution in [0.5, 0.6) is 0 Å². The summed E-state index contributed by atoms with van der Waals surface area (Å²) in [5.41, 5.74) is 1.78. The molecule has 82 valence electrons. The average Bonchev–Trinajstić information content (AvgIpc) is 3.01. The van der Waals surface area contributed by atoms with Crippen LogP contribution in [0, 0.1) is 0 Å². The minimum atomic E-state index is 0.539. The van der Waals surface area contributed by atoms with E-state index in [0.717, 1.165) is 21.8 Å². The lowest BCUT2D eigenvalue weighted by Gasteiger charge is -2.03. The summed E-state index contributed by atoms with van der Waals surface area (Å²) < 4.78 is 2.53. The molecular weight excluding hydrogens is 270 g/mol. The molecule has 0 spiro atoms. The van der Waals surface area contributed by atoms with Gasteiger partial charge in [-0.05, 0) is 34.8 Å². The Balaban J connectivity index is 2.10. The Morgan fingerprint density at radius 1 is 1.38 bits per heavy atom. The molecule has 0 N–H and O–H groups in total. The molecule has 0 amide bonds. The van der Waals surface area contributed by atoms with Crippen LogP contribution in [0.3, 0.4) is 0 Å². The molecule has 0 saturated heterocycles. The second kappa shape index (κ2) is 3.62. The van der Waals surface area contributed by atoms with Crippen molar-refractivity contribution < 1.29 is 0 Å². The maximum atomic E-state index is 4.56. The molecule has 1 aliphatic carbocycles. The monoisotopic (exact) mass is 279 g/mol. The lowest BCUT2D eigenvalue weighted by atomic mass is 10.3. The van der Waals surface area contributed by atoms with Gasteiger partial charge in [0.2, 0.25) is 0 Å². The van der Waals surface area contributed by atoms with Crippen molar-refractivity contribution >= 4 is 15.9 Å². The molecule has 2 aromatic rings. The maximum absolute atomic E-state index is 4.56. The van der Waals surface area contributed by atoms with Gasteiger partial charge in [0, 0.05) is 13.0 Å². The van der Waals surface area contributed by atoms with Crippen molar-refractivity contribution in [2.24, 2.45) is 7.05 Å². The van der Waals surface area contributed by atoms with E-state index in [1.165, 1.54) is 12.8 Å². The van der Waals surface area contributed by atoms with Gasteiger partial charge in [-0.15, -0.1) is 5.10 Å². The van der Waals surface area contributed by atoms with E-state index in [1.54, 1.807) is 10.9 Å². The maximum Gasteiger partial charge on any atom is 0.133 e. The normalized spacial score (nSPS) is 15.4. The van der Waals surface area contributed by atoms with Crippen LogP contribution in [0.1, 0.15) is 24.6 Å². The van der Waals surface area contributed by atoms with Crippen LogP contribution >= 0.6 is 15.9 Å². The summed E-state index contributed by atoms with van der Waals surface area (Å²) in [4.78, 5) is 8.95. The molecule has 0 unspecified atom stereocenters. The van der Waals surface area contributed by atoms with Crippen LogP contribution in [0.25, 0.3) is 11.4 Å². The van der Waals surface area contributed by atoms with Gasteiger partial charge in [-0.2, -0.15) is 0 Å². The molecule has 16 heavy (non-hydrogen) atoms. The lowest BCUT2D eigenvalue weighted by Crippen LogP contribution is -1.99. The fourth-order valence-electron chi connectivity index (χ4n) is 1.61. The van der Waals surface area contributed by atoms with Crippen molar-refractivity contribution in [3.8, 4) is 11.4 Å². The highest BCUT2D eigenvalue weighted by Crippen LogP contribution is 2.39. The van der Waals surface area contributed by atoms with E-state index in [4.69, 9.17) is 0 Å². The van der Waals surface area contributed by atoms with E-state index in [-0.39, 0.29) is 0 Å². The summed E-state index contributed by atoms with van der Waals surface area (Å²) in [5.74, 6) is 1.46. The zero-order valence-electron chi connectivity index (χ0n) is 8.76. The predicted molar refractivity (Wildman–Crippen MR) is 61.7 cm³/mol. The Bertz CT molecular complexity index is 532. The standard InChI is InChI=1S/C10H10BrN5/c1-16-8(5-12-15-16)7-4-9(11)14-10(13-7)6-2-3-6/h4-6H,2-3H2,1H3. The van der Waals surface area contributed by atoms with Gasteiger partial charge in [0.05, 0.1) is 11.9 Å². The van der Waals surface area contributed by atoms with Gasteiger partial charge in [0.15, 0.2) is 0 Å². The first kappa shape index (κ1) is 9.89. The van der Waals surface area contributed by atoms with Crippen LogP contribution in [-0.4, -0.2) is 25.0 Å². The zero-order valence-corrected chi connectivity index (χ0v) is 10.3. The molecule has 1 saturated carbocycles. The summed E-state index contributed by atoms with van der Waals surface area (Å²) in [6, 6.07) is 1.89. The largest absolute Gasteiger partial charge is 0.246 e. The van der Waals surface area contributed by atoms with Gasteiger partial charge in [0.25, 0.3) is 0 Å². The molecule has 1 fully saturated rings. The Morgan fingerprint density at radius 2 is 2.19 bits per heavy atom. The quantitative estimate of drug-likeness (QED) is 0.788. The lowest BCUT2D eigenvalue weighted by molar-refractivity contribution is 0.718. The molecule has 0 radical (unpaired) electrons. The topological polar surface area (TPSA) is 56.5 Å². The van der Waals surface area contributed by atoms with E-state index < -0.39 is 0 Å². The molecule has 0 aromatic carbocycles. The summed E-state index contributed by atoms with van der Waals surface area (Å²) in [5, 5.41) is 7.76. The third kappa shape index (κ3) is 1.73. The molecule has 6 heteroatoms. The van der Waals surface area contributed by atoms with Crippen LogP contribution in [0.2, 0.25) is 0 Å². The molecule has 0 bridgehead atoms. The van der Waals surface area contributed by atoms with Crippen molar-refractivity contribution in [2.75, 3.05) is 0 Å². The van der Waals surface area contributed by atoms with Gasteiger partial charge >= 0.3 is 0 Å². The number of nitrogens with zero attached hydrogens (tertiary/aromatic N) is 5. The van der Waals surface area contributed by atoms with Gasteiger partial charge in [-0.3, -0.25) is 0 Å². The number of hydrogen-bond donors (Lipinski definition) is 0. The first-order valence-corrected chi connectivity index (χ1v) is 5.93. The highest BCUT2D eigenvalue weighted by molar-refractivity contribution is 9.10. The SMILES string of the molecule is Cn1nncc1-c1cc(Br)nc(C2CC2)n1. The Kier molecular flexibility index (Phi) is 2.24. The van der Waals surface area contributed by atoms with E-state index in [1.807, 2.05) is 13.1 Å². The van der Waals surface area contributed by atoms with Gasteiger partial charge in [-0.25, -0.2) is 14.6 Å². The number of aryl methyl sites for hydroxylation is 1. The molecular formula is C10H10BrN5. The molecule has 1 aliphatic rings. The molecule has 5 nitrogen and oxygen atoms in total. The highest BCUT2D eigenvalue weighted by atomic mass is 79.9. The van der Waals surface area contributed by atoms with E-state index in [9.17, 15) is 0 Å². The number of rotatable bonds is 2. The highest BCUT2D eigenvalue weighted by Gasteiger charge is 2.27. The Labute approximate surface area is 101 Å². The summed E-state index contributed by atoms with van der Waals surface area (Å²) in [7, 11) is 1.86. The second-order valence-electron chi connectivity index (χ2n) is 3.95. The molecule has 2 aromatic heterocycles. The molecule has 3 rings (SSSR count). The van der Waals surface area contributed by atoms with Gasteiger partial charge < -0.3 is 0 Å². The van der Waals surface area contributed by atoms with Crippen molar-refractivity contribution in [3.63, 3.8) is 0 Å². The average molecular weight is 280 g/mol. The summed E-state index contributed by atoms with van der Waals surface area (Å²) in [6.45, 7) is 0. The predicted octanol–water partition coefficient (Wildman–Crippen LogP) is 1.91. The van der Waals surface area contributed by atoms with Crippen molar-refractivity contribution in [1.29, 1.82) is 0 Å². The van der Waals surface area contributed by atoms with Crippen LogP contribution in [0.4, 0.5) is 0 Å². The zero-order chi connectivity index (χ0) is 11.1. The smallest absolute Gasteiger partial charge is 0.133 e. The number of hydrogen-bond acceptors (Lipinski definition) is 4. The van der Waals surface area contributed by atoms with Crippen LogP contribution < -0.4 is 0 Å². The van der Waals surface area contributed by atoms with Crippen molar-refractivity contribution in [1.82, 2.24) is 25.0 Å². The van der Waals surface area contributed by atoms with Gasteiger partial charge in [-0.1, -0.05) is 5.21 Å². The van der Waals surface area contributed by atoms with Crippen molar-refractivity contribution in [2.45, 2.75) is 18.8 Å². The summed E-state index contributed by atoms with van der Waals surface area (Å²) >= 11 is 3.42. The van der Waals surface area contributed by atoms with E-state index in [0.29, 0.717) is 5.92 Å². The molecule has 2 heterocycles. The number of halogens is 1. The van der Waals surface area contributed by atoms with Crippen LogP contribution in [-0.2, 0) is 7.05 Å². The van der Waals surface area contributed by atoms with E-state index in [2.05, 4.69) is 36.2 Å². The van der Waals surface area contributed by atoms with Gasteiger partial charge in [0.1, 0.15) is 16.1 Å². The summed E-state index contributed by atoms with van der Waals surface area (Å²) in [6.07, 6.45) is 4.10. The second-order valence-corrected chi connectivity index (χ2v) is 4.76. The fourth-order valence-corrected chi connectivity index (χ4v) is 2.01. The first-order valence-electron chi connectivity index (χ1n) is 5.13. The van der Waals surface area contributed by atoms with Crippen LogP contribution in [0.15, 0.2) is 16.9 Å². The molecule has 0 aliphatic heterocycles. The third-order valence-corrected chi connectivity index (χ3v) is 3.04. The molecule has 0 atom stereocenters. The Hall–Kier alpha value is -1.30. The third-order valence-electron chi connectivity index (χ3n) is 2.63. The van der Waals surface area contributed by atoms with Crippen molar-refractivity contribution in [3.05, 3.63) is 22.7 Å². The fraction of sp³-hybridized carbons (Fsp3) is 0.400.